The van der Waals surface area contributed by atoms with Gasteiger partial charge in [-0.2, -0.15) is 0 Å². The van der Waals surface area contributed by atoms with Crippen molar-refractivity contribution in [2.75, 3.05) is 32.6 Å². The molecule has 0 aliphatic heterocycles. The molecule has 2 unspecified atom stereocenters. The Labute approximate surface area is 133 Å². The SMILES string of the molecule is COCCNCC1(CCSc2ccccc2)CC2CC2C1. The summed E-state index contributed by atoms with van der Waals surface area (Å²) in [5, 5.41) is 3.62. The smallest absolute Gasteiger partial charge is 0.0587 e. The van der Waals surface area contributed by atoms with Crippen LogP contribution in [0.5, 0.6) is 0 Å². The maximum absolute atomic E-state index is 5.14. The Balaban J connectivity index is 1.46. The lowest BCUT2D eigenvalue weighted by atomic mass is 9.80. The minimum Gasteiger partial charge on any atom is -0.383 e. The quantitative estimate of drug-likeness (QED) is 0.553. The van der Waals surface area contributed by atoms with Gasteiger partial charge in [0, 0.05) is 25.1 Å². The van der Waals surface area contributed by atoms with Gasteiger partial charge in [0.25, 0.3) is 0 Å². The van der Waals surface area contributed by atoms with Crippen LogP contribution in [0.15, 0.2) is 35.2 Å². The van der Waals surface area contributed by atoms with Crippen LogP contribution in [0, 0.1) is 17.3 Å². The first-order chi connectivity index (χ1) is 10.3. The van der Waals surface area contributed by atoms with Crippen LogP contribution >= 0.6 is 11.8 Å². The molecule has 0 heterocycles. The van der Waals surface area contributed by atoms with Crippen LogP contribution in [-0.4, -0.2) is 32.6 Å². The van der Waals surface area contributed by atoms with Crippen molar-refractivity contribution in [3.05, 3.63) is 30.3 Å². The molecule has 2 fully saturated rings. The second kappa shape index (κ2) is 7.17. The normalized spacial score (nSPS) is 30.3. The summed E-state index contributed by atoms with van der Waals surface area (Å²) in [5.74, 6) is 3.35. The summed E-state index contributed by atoms with van der Waals surface area (Å²) < 4.78 is 5.14. The summed E-state index contributed by atoms with van der Waals surface area (Å²) in [4.78, 5) is 1.41. The van der Waals surface area contributed by atoms with E-state index < -0.39 is 0 Å². The molecule has 0 aromatic heterocycles. The molecule has 3 rings (SSSR count). The molecule has 0 radical (unpaired) electrons. The second-order valence-electron chi connectivity index (χ2n) is 6.75. The molecule has 116 valence electrons. The lowest BCUT2D eigenvalue weighted by Crippen LogP contribution is -2.35. The van der Waals surface area contributed by atoms with Gasteiger partial charge in [-0.3, -0.25) is 0 Å². The Morgan fingerprint density at radius 1 is 1.24 bits per heavy atom. The average molecular weight is 305 g/mol. The van der Waals surface area contributed by atoms with Crippen molar-refractivity contribution in [1.29, 1.82) is 0 Å². The summed E-state index contributed by atoms with van der Waals surface area (Å²) in [6.45, 7) is 2.99. The highest BCUT2D eigenvalue weighted by Crippen LogP contribution is 2.61. The summed E-state index contributed by atoms with van der Waals surface area (Å²) in [7, 11) is 1.78. The molecule has 3 heteroatoms. The molecular weight excluding hydrogens is 278 g/mol. The van der Waals surface area contributed by atoms with Crippen LogP contribution in [0.4, 0.5) is 0 Å². The molecule has 2 saturated carbocycles. The third kappa shape index (κ3) is 4.24. The highest BCUT2D eigenvalue weighted by Gasteiger charge is 2.52. The van der Waals surface area contributed by atoms with Crippen LogP contribution in [0.25, 0.3) is 0 Å². The highest BCUT2D eigenvalue weighted by molar-refractivity contribution is 7.99. The number of hydrogen-bond donors (Lipinski definition) is 1. The van der Waals surface area contributed by atoms with Crippen LogP contribution in [-0.2, 0) is 4.74 Å². The van der Waals surface area contributed by atoms with E-state index in [-0.39, 0.29) is 0 Å². The van der Waals surface area contributed by atoms with Gasteiger partial charge in [0.05, 0.1) is 6.61 Å². The van der Waals surface area contributed by atoms with Gasteiger partial charge in [0.2, 0.25) is 0 Å². The summed E-state index contributed by atoms with van der Waals surface area (Å²) in [6.07, 6.45) is 5.76. The number of rotatable bonds is 9. The van der Waals surface area contributed by atoms with E-state index in [1.165, 1.54) is 42.9 Å². The Morgan fingerprint density at radius 2 is 2.00 bits per heavy atom. The fourth-order valence-corrected chi connectivity index (χ4v) is 4.99. The predicted molar refractivity (Wildman–Crippen MR) is 89.8 cm³/mol. The monoisotopic (exact) mass is 305 g/mol. The van der Waals surface area contributed by atoms with E-state index in [0.29, 0.717) is 5.41 Å². The summed E-state index contributed by atoms with van der Waals surface area (Å²) in [5.41, 5.74) is 0.559. The lowest BCUT2D eigenvalue weighted by molar-refractivity contribution is 0.185. The van der Waals surface area contributed by atoms with E-state index in [9.17, 15) is 0 Å². The molecule has 0 amide bonds. The number of hydrogen-bond acceptors (Lipinski definition) is 3. The van der Waals surface area contributed by atoms with Crippen molar-refractivity contribution in [1.82, 2.24) is 5.32 Å². The summed E-state index contributed by atoms with van der Waals surface area (Å²) in [6, 6.07) is 10.8. The zero-order chi connectivity index (χ0) is 14.5. The van der Waals surface area contributed by atoms with Crippen LogP contribution in [0.2, 0.25) is 0 Å². The lowest BCUT2D eigenvalue weighted by Gasteiger charge is -2.31. The number of thioether (sulfide) groups is 1. The Hall–Kier alpha value is -0.510. The molecule has 0 saturated heterocycles. The van der Waals surface area contributed by atoms with Crippen molar-refractivity contribution in [2.45, 2.75) is 30.6 Å². The van der Waals surface area contributed by atoms with E-state index in [1.54, 1.807) is 7.11 Å². The van der Waals surface area contributed by atoms with Crippen molar-refractivity contribution in [3.63, 3.8) is 0 Å². The molecule has 2 nitrogen and oxygen atoms in total. The number of methoxy groups -OCH3 is 1. The molecule has 1 aromatic rings. The van der Waals surface area contributed by atoms with Crippen molar-refractivity contribution < 1.29 is 4.74 Å². The molecular formula is C18H27NOS. The Morgan fingerprint density at radius 3 is 2.71 bits per heavy atom. The molecule has 2 aliphatic carbocycles. The molecule has 0 spiro atoms. The minimum absolute atomic E-state index is 0.559. The zero-order valence-corrected chi connectivity index (χ0v) is 13.8. The molecule has 2 aliphatic rings. The molecule has 21 heavy (non-hydrogen) atoms. The van der Waals surface area contributed by atoms with E-state index in [1.807, 2.05) is 11.8 Å². The fraction of sp³-hybridized carbons (Fsp3) is 0.667. The molecule has 1 aromatic carbocycles. The first-order valence-electron chi connectivity index (χ1n) is 8.19. The maximum Gasteiger partial charge on any atom is 0.0587 e. The molecule has 2 atom stereocenters. The fourth-order valence-electron chi connectivity index (χ4n) is 3.87. The van der Waals surface area contributed by atoms with E-state index in [4.69, 9.17) is 4.74 Å². The van der Waals surface area contributed by atoms with E-state index >= 15 is 0 Å². The maximum atomic E-state index is 5.14. The number of benzene rings is 1. The van der Waals surface area contributed by atoms with Crippen LogP contribution in [0.1, 0.15) is 25.7 Å². The number of ether oxygens (including phenoxy) is 1. The number of fused-ring (bicyclic) bond motifs is 1. The van der Waals surface area contributed by atoms with Gasteiger partial charge in [-0.1, -0.05) is 18.2 Å². The third-order valence-corrected chi connectivity index (χ3v) is 6.10. The van der Waals surface area contributed by atoms with Gasteiger partial charge in [-0.05, 0) is 60.8 Å². The van der Waals surface area contributed by atoms with Gasteiger partial charge in [0.1, 0.15) is 0 Å². The van der Waals surface area contributed by atoms with Gasteiger partial charge >= 0.3 is 0 Å². The third-order valence-electron chi connectivity index (χ3n) is 5.09. The topological polar surface area (TPSA) is 21.3 Å². The van der Waals surface area contributed by atoms with Crippen LogP contribution in [0.3, 0.4) is 0 Å². The van der Waals surface area contributed by atoms with Gasteiger partial charge in [0.15, 0.2) is 0 Å². The first-order valence-corrected chi connectivity index (χ1v) is 9.17. The van der Waals surface area contributed by atoms with Gasteiger partial charge in [-0.15, -0.1) is 11.8 Å². The highest BCUT2D eigenvalue weighted by atomic mass is 32.2. The zero-order valence-electron chi connectivity index (χ0n) is 13.0. The minimum atomic E-state index is 0.559. The van der Waals surface area contributed by atoms with Gasteiger partial charge in [-0.25, -0.2) is 0 Å². The van der Waals surface area contributed by atoms with E-state index in [2.05, 4.69) is 35.6 Å². The number of nitrogens with one attached hydrogen (secondary N) is 1. The van der Waals surface area contributed by atoms with Crippen molar-refractivity contribution >= 4 is 11.8 Å². The van der Waals surface area contributed by atoms with Gasteiger partial charge < -0.3 is 10.1 Å². The molecule has 1 N–H and O–H groups in total. The predicted octanol–water partition coefficient (Wildman–Crippen LogP) is 3.82. The van der Waals surface area contributed by atoms with Crippen LogP contribution < -0.4 is 5.32 Å². The van der Waals surface area contributed by atoms with E-state index in [0.717, 1.165) is 25.0 Å². The van der Waals surface area contributed by atoms with Crippen molar-refractivity contribution in [3.8, 4) is 0 Å². The largest absolute Gasteiger partial charge is 0.383 e. The summed E-state index contributed by atoms with van der Waals surface area (Å²) >= 11 is 2.01. The molecule has 0 bridgehead atoms. The Kier molecular flexibility index (Phi) is 5.25. The second-order valence-corrected chi connectivity index (χ2v) is 7.91. The standard InChI is InChI=1S/C18H27NOS/c1-20-9-8-19-14-18(12-15-11-16(15)13-18)7-10-21-17-5-3-2-4-6-17/h2-6,15-16,19H,7-14H2,1H3. The first kappa shape index (κ1) is 15.4. The Bertz CT molecular complexity index is 426. The van der Waals surface area contributed by atoms with Crippen molar-refractivity contribution in [2.24, 2.45) is 17.3 Å². The average Bonchev–Trinajstić information content (AvgIpc) is 3.13.